The van der Waals surface area contributed by atoms with Gasteiger partial charge in [0.15, 0.2) is 5.78 Å². The molecule has 0 saturated carbocycles. The lowest BCUT2D eigenvalue weighted by Gasteiger charge is -2.12. The lowest BCUT2D eigenvalue weighted by Crippen LogP contribution is -2.28. The molecule has 7 heteroatoms. The quantitative estimate of drug-likeness (QED) is 0.665. The fourth-order valence-electron chi connectivity index (χ4n) is 2.79. The number of ketones is 1. The van der Waals surface area contributed by atoms with Gasteiger partial charge in [0.1, 0.15) is 17.8 Å². The van der Waals surface area contributed by atoms with E-state index in [-0.39, 0.29) is 23.8 Å². The maximum absolute atomic E-state index is 12.5. The van der Waals surface area contributed by atoms with Gasteiger partial charge >= 0.3 is 0 Å². The number of carbonyl (C=O) groups is 1. The normalized spacial score (nSPS) is 12.1. The Kier molecular flexibility index (Phi) is 5.32. The number of aromatic nitrogens is 3. The Morgan fingerprint density at radius 3 is 2.65 bits per heavy atom. The molecule has 1 atom stereocenters. The van der Waals surface area contributed by atoms with Crippen molar-refractivity contribution in [2.45, 2.75) is 25.8 Å². The van der Waals surface area contributed by atoms with Crippen LogP contribution in [-0.2, 0) is 11.3 Å². The van der Waals surface area contributed by atoms with Gasteiger partial charge < -0.3 is 4.74 Å². The van der Waals surface area contributed by atoms with Gasteiger partial charge in [0.2, 0.25) is 0 Å². The lowest BCUT2D eigenvalue weighted by atomic mass is 9.95. The van der Waals surface area contributed by atoms with Crippen molar-refractivity contribution in [3.8, 4) is 5.75 Å². The standard InChI is InChI=1S/C19H18ClN3O3/c1-12(13-6-8-15(26-2)9-7-13)10-14(24)11-23-19(25)16-4-3-5-17(20)18(16)21-22-23/h3-9,12H,10-11H2,1-2H3/t12-/m1/s1. The second-order valence-corrected chi connectivity index (χ2v) is 6.51. The molecule has 2 aromatic carbocycles. The predicted molar refractivity (Wildman–Crippen MR) is 99.8 cm³/mol. The third kappa shape index (κ3) is 3.75. The van der Waals surface area contributed by atoms with Crippen molar-refractivity contribution in [2.75, 3.05) is 7.11 Å². The number of benzene rings is 2. The first kappa shape index (κ1) is 18.1. The van der Waals surface area contributed by atoms with Crippen LogP contribution in [0.2, 0.25) is 5.02 Å². The maximum Gasteiger partial charge on any atom is 0.278 e. The highest BCUT2D eigenvalue weighted by atomic mass is 35.5. The first-order valence-corrected chi connectivity index (χ1v) is 8.55. The molecular weight excluding hydrogens is 354 g/mol. The predicted octanol–water partition coefficient (Wildman–Crippen LogP) is 3.22. The molecule has 134 valence electrons. The maximum atomic E-state index is 12.5. The zero-order valence-electron chi connectivity index (χ0n) is 14.5. The van der Waals surface area contributed by atoms with Crippen molar-refractivity contribution in [3.05, 3.63) is 63.4 Å². The minimum Gasteiger partial charge on any atom is -0.497 e. The molecule has 0 amide bonds. The van der Waals surface area contributed by atoms with Crippen molar-refractivity contribution < 1.29 is 9.53 Å². The van der Waals surface area contributed by atoms with E-state index >= 15 is 0 Å². The highest BCUT2D eigenvalue weighted by Crippen LogP contribution is 2.22. The third-order valence-corrected chi connectivity index (χ3v) is 4.55. The number of ether oxygens (including phenoxy) is 1. The van der Waals surface area contributed by atoms with Crippen LogP contribution in [0.3, 0.4) is 0 Å². The Hall–Kier alpha value is -2.73. The van der Waals surface area contributed by atoms with Crippen molar-refractivity contribution in [3.63, 3.8) is 0 Å². The second kappa shape index (κ2) is 7.66. The van der Waals surface area contributed by atoms with Crippen molar-refractivity contribution in [1.82, 2.24) is 15.0 Å². The van der Waals surface area contributed by atoms with Crippen molar-refractivity contribution >= 4 is 28.3 Å². The van der Waals surface area contributed by atoms with Gasteiger partial charge in [-0.25, -0.2) is 4.68 Å². The SMILES string of the molecule is COc1ccc([C@H](C)CC(=O)Cn2nnc3c(Cl)cccc3c2=O)cc1. The largest absolute Gasteiger partial charge is 0.497 e. The van der Waals surface area contributed by atoms with Gasteiger partial charge in [0.25, 0.3) is 5.56 Å². The molecule has 0 aliphatic rings. The number of fused-ring (bicyclic) bond motifs is 1. The van der Waals surface area contributed by atoms with Gasteiger partial charge in [-0.3, -0.25) is 9.59 Å². The van der Waals surface area contributed by atoms with E-state index in [4.69, 9.17) is 16.3 Å². The summed E-state index contributed by atoms with van der Waals surface area (Å²) in [4.78, 5) is 24.9. The fourth-order valence-corrected chi connectivity index (χ4v) is 3.01. The average molecular weight is 372 g/mol. The van der Waals surface area contributed by atoms with Crippen LogP contribution >= 0.6 is 11.6 Å². The molecule has 0 unspecified atom stereocenters. The van der Waals surface area contributed by atoms with Crippen LogP contribution in [0.1, 0.15) is 24.8 Å². The van der Waals surface area contributed by atoms with Crippen LogP contribution in [0.4, 0.5) is 0 Å². The molecule has 0 aliphatic heterocycles. The number of rotatable bonds is 6. The smallest absolute Gasteiger partial charge is 0.278 e. The molecule has 0 spiro atoms. The molecule has 1 aromatic heterocycles. The van der Waals surface area contributed by atoms with Crippen LogP contribution in [0.25, 0.3) is 10.9 Å². The minimum absolute atomic E-state index is 0.0203. The molecule has 1 heterocycles. The molecule has 0 saturated heterocycles. The monoisotopic (exact) mass is 371 g/mol. The molecule has 3 rings (SSSR count). The van der Waals surface area contributed by atoms with Gasteiger partial charge in [-0.1, -0.05) is 41.9 Å². The molecule has 0 radical (unpaired) electrons. The van der Waals surface area contributed by atoms with Crippen molar-refractivity contribution in [1.29, 1.82) is 0 Å². The molecule has 0 N–H and O–H groups in total. The van der Waals surface area contributed by atoms with E-state index in [9.17, 15) is 9.59 Å². The summed E-state index contributed by atoms with van der Waals surface area (Å²) in [5.41, 5.74) is 1.00. The van der Waals surface area contributed by atoms with E-state index in [2.05, 4.69) is 10.3 Å². The van der Waals surface area contributed by atoms with Gasteiger partial charge in [-0.05, 0) is 35.7 Å². The Balaban J connectivity index is 1.74. The third-order valence-electron chi connectivity index (χ3n) is 4.25. The van der Waals surface area contributed by atoms with Gasteiger partial charge in [-0.2, -0.15) is 0 Å². The number of hydrogen-bond acceptors (Lipinski definition) is 5. The van der Waals surface area contributed by atoms with Crippen LogP contribution in [-0.4, -0.2) is 27.9 Å². The number of hydrogen-bond donors (Lipinski definition) is 0. The second-order valence-electron chi connectivity index (χ2n) is 6.11. The van der Waals surface area contributed by atoms with E-state index in [1.54, 1.807) is 25.3 Å². The molecule has 0 fully saturated rings. The zero-order chi connectivity index (χ0) is 18.7. The fraction of sp³-hybridized carbons (Fsp3) is 0.263. The summed E-state index contributed by atoms with van der Waals surface area (Å²) in [6.45, 7) is 1.85. The van der Waals surface area contributed by atoms with Gasteiger partial charge in [0.05, 0.1) is 17.5 Å². The molecular formula is C19H18ClN3O3. The number of halogens is 1. The number of methoxy groups -OCH3 is 1. The van der Waals surface area contributed by atoms with Gasteiger partial charge in [0, 0.05) is 6.42 Å². The Morgan fingerprint density at radius 1 is 1.23 bits per heavy atom. The van der Waals surface area contributed by atoms with E-state index in [1.807, 2.05) is 31.2 Å². The summed E-state index contributed by atoms with van der Waals surface area (Å²) in [7, 11) is 1.61. The molecule has 6 nitrogen and oxygen atoms in total. The molecule has 26 heavy (non-hydrogen) atoms. The Bertz CT molecular complexity index is 999. The first-order chi connectivity index (χ1) is 12.5. The van der Waals surface area contributed by atoms with E-state index in [0.717, 1.165) is 16.0 Å². The van der Waals surface area contributed by atoms with E-state index in [1.165, 1.54) is 0 Å². The van der Waals surface area contributed by atoms with Crippen LogP contribution in [0.15, 0.2) is 47.3 Å². The Morgan fingerprint density at radius 2 is 1.96 bits per heavy atom. The summed E-state index contributed by atoms with van der Waals surface area (Å²) in [5.74, 6) is 0.696. The number of nitrogens with zero attached hydrogens (tertiary/aromatic N) is 3. The summed E-state index contributed by atoms with van der Waals surface area (Å²) >= 11 is 6.02. The highest BCUT2D eigenvalue weighted by Gasteiger charge is 2.15. The molecule has 3 aromatic rings. The van der Waals surface area contributed by atoms with Gasteiger partial charge in [-0.15, -0.1) is 5.10 Å². The lowest BCUT2D eigenvalue weighted by molar-refractivity contribution is -0.120. The van der Waals surface area contributed by atoms with Crippen LogP contribution in [0.5, 0.6) is 5.75 Å². The summed E-state index contributed by atoms with van der Waals surface area (Å²) in [5, 5.41) is 8.52. The summed E-state index contributed by atoms with van der Waals surface area (Å²) in [6.07, 6.45) is 0.300. The minimum atomic E-state index is -0.372. The Labute approximate surface area is 155 Å². The van der Waals surface area contributed by atoms with E-state index in [0.29, 0.717) is 22.3 Å². The molecule has 0 bridgehead atoms. The number of carbonyl (C=O) groups excluding carboxylic acids is 1. The average Bonchev–Trinajstić information content (AvgIpc) is 2.64. The molecule has 0 aliphatic carbocycles. The highest BCUT2D eigenvalue weighted by molar-refractivity contribution is 6.34. The van der Waals surface area contributed by atoms with Crippen LogP contribution in [0, 0.1) is 0 Å². The van der Waals surface area contributed by atoms with Crippen LogP contribution < -0.4 is 10.3 Å². The van der Waals surface area contributed by atoms with E-state index < -0.39 is 0 Å². The van der Waals surface area contributed by atoms with Crippen molar-refractivity contribution in [2.24, 2.45) is 0 Å². The first-order valence-electron chi connectivity index (χ1n) is 8.17. The zero-order valence-corrected chi connectivity index (χ0v) is 15.2. The summed E-state index contributed by atoms with van der Waals surface area (Å²) in [6, 6.07) is 12.5. The number of Topliss-reactive ketones (excluding diaryl/α,β-unsaturated/α-hetero) is 1. The topological polar surface area (TPSA) is 74.1 Å². The summed E-state index contributed by atoms with van der Waals surface area (Å²) < 4.78 is 6.22.